The normalized spacial score (nSPS) is 14.6. The van der Waals surface area contributed by atoms with Crippen LogP contribution in [0.5, 0.6) is 0 Å². The van der Waals surface area contributed by atoms with Crippen LogP contribution < -0.4 is 10.5 Å². The van der Waals surface area contributed by atoms with Gasteiger partial charge in [0, 0.05) is 12.4 Å². The second-order valence-electron chi connectivity index (χ2n) is 3.49. The van der Waals surface area contributed by atoms with Gasteiger partial charge in [-0.05, 0) is 12.1 Å². The molecule has 0 bridgehead atoms. The Bertz CT molecular complexity index is 573. The van der Waals surface area contributed by atoms with E-state index < -0.39 is 34.0 Å². The molecule has 0 radical (unpaired) electrons. The Morgan fingerprint density at radius 1 is 1.32 bits per heavy atom. The second-order valence-corrected chi connectivity index (χ2v) is 5.20. The van der Waals surface area contributed by atoms with Gasteiger partial charge in [0.2, 0.25) is 10.0 Å². The highest BCUT2D eigenvalue weighted by Gasteiger charge is 2.34. The number of nitrogens with zero attached hydrogens (tertiary/aromatic N) is 1. The Balaban J connectivity index is 3.04. The van der Waals surface area contributed by atoms with E-state index in [1.54, 1.807) is 4.72 Å². The van der Waals surface area contributed by atoms with Crippen molar-refractivity contribution < 1.29 is 28.2 Å². The van der Waals surface area contributed by atoms with E-state index in [0.29, 0.717) is 0 Å². The maximum atomic E-state index is 11.8. The van der Waals surface area contributed by atoms with E-state index in [-0.39, 0.29) is 4.90 Å². The van der Waals surface area contributed by atoms with Gasteiger partial charge in [-0.1, -0.05) is 0 Å². The molecule has 0 aliphatic rings. The summed E-state index contributed by atoms with van der Waals surface area (Å²) in [5.74, 6) is -3.33. The zero-order chi connectivity index (χ0) is 14.6. The molecule has 1 unspecified atom stereocenters. The molecule has 9 nitrogen and oxygen atoms in total. The van der Waals surface area contributed by atoms with Gasteiger partial charge in [-0.2, -0.15) is 4.72 Å². The Morgan fingerprint density at radius 2 is 1.95 bits per heavy atom. The number of aliphatic carboxylic acids is 2. The SMILES string of the molecule is N[C@H](C(=O)O)C(NS(=O)(=O)c1cccnc1)C(=O)O. The van der Waals surface area contributed by atoms with Crippen LogP contribution in [0.25, 0.3) is 0 Å². The van der Waals surface area contributed by atoms with Crippen LogP contribution in [0, 0.1) is 0 Å². The number of hydrogen-bond donors (Lipinski definition) is 4. The molecular weight excluding hydrogens is 278 g/mol. The lowest BCUT2D eigenvalue weighted by molar-refractivity contribution is -0.146. The molecule has 0 fully saturated rings. The van der Waals surface area contributed by atoms with Gasteiger partial charge in [-0.25, -0.2) is 8.42 Å². The molecule has 0 saturated heterocycles. The molecule has 19 heavy (non-hydrogen) atoms. The third-order valence-corrected chi connectivity index (χ3v) is 3.56. The Kier molecular flexibility index (Phi) is 4.53. The smallest absolute Gasteiger partial charge is 0.323 e. The Labute approximate surface area is 108 Å². The maximum absolute atomic E-state index is 11.8. The number of hydrogen-bond acceptors (Lipinski definition) is 6. The number of carbonyl (C=O) groups is 2. The monoisotopic (exact) mass is 289 g/mol. The first kappa shape index (κ1) is 15.0. The quantitative estimate of drug-likeness (QED) is 0.478. The Morgan fingerprint density at radius 3 is 2.37 bits per heavy atom. The van der Waals surface area contributed by atoms with Crippen LogP contribution >= 0.6 is 0 Å². The molecular formula is C9H11N3O6S. The molecule has 0 amide bonds. The average Bonchev–Trinajstić information content (AvgIpc) is 2.36. The van der Waals surface area contributed by atoms with Crippen molar-refractivity contribution in [3.63, 3.8) is 0 Å². The van der Waals surface area contributed by atoms with E-state index in [9.17, 15) is 18.0 Å². The molecule has 0 aliphatic carbocycles. The Hall–Kier alpha value is -2.04. The number of carboxylic acids is 2. The van der Waals surface area contributed by atoms with E-state index >= 15 is 0 Å². The van der Waals surface area contributed by atoms with E-state index in [0.717, 1.165) is 6.20 Å². The highest BCUT2D eigenvalue weighted by molar-refractivity contribution is 7.89. The van der Waals surface area contributed by atoms with Crippen LogP contribution in [0.3, 0.4) is 0 Å². The molecule has 2 atom stereocenters. The van der Waals surface area contributed by atoms with Crippen LogP contribution in [-0.4, -0.2) is 47.6 Å². The molecule has 0 spiro atoms. The van der Waals surface area contributed by atoms with Crippen molar-refractivity contribution in [2.24, 2.45) is 5.73 Å². The lowest BCUT2D eigenvalue weighted by Gasteiger charge is -2.17. The number of sulfonamides is 1. The summed E-state index contributed by atoms with van der Waals surface area (Å²) in [5, 5.41) is 17.5. The van der Waals surface area contributed by atoms with Crippen molar-refractivity contribution >= 4 is 22.0 Å². The van der Waals surface area contributed by atoms with Gasteiger partial charge >= 0.3 is 11.9 Å². The van der Waals surface area contributed by atoms with Gasteiger partial charge in [0.05, 0.1) is 0 Å². The summed E-state index contributed by atoms with van der Waals surface area (Å²) in [7, 11) is -4.22. The van der Waals surface area contributed by atoms with Crippen molar-refractivity contribution in [1.82, 2.24) is 9.71 Å². The van der Waals surface area contributed by atoms with Crippen molar-refractivity contribution in [3.8, 4) is 0 Å². The first-order valence-corrected chi connectivity index (χ1v) is 6.37. The molecule has 0 aliphatic heterocycles. The average molecular weight is 289 g/mol. The van der Waals surface area contributed by atoms with Crippen LogP contribution in [0.2, 0.25) is 0 Å². The molecule has 5 N–H and O–H groups in total. The summed E-state index contributed by atoms with van der Waals surface area (Å²) < 4.78 is 25.3. The maximum Gasteiger partial charge on any atom is 0.323 e. The summed E-state index contributed by atoms with van der Waals surface area (Å²) in [4.78, 5) is 24.8. The summed E-state index contributed by atoms with van der Waals surface area (Å²) in [6.45, 7) is 0. The highest BCUT2D eigenvalue weighted by Crippen LogP contribution is 2.07. The number of pyridine rings is 1. The fraction of sp³-hybridized carbons (Fsp3) is 0.222. The van der Waals surface area contributed by atoms with E-state index in [2.05, 4.69) is 4.98 Å². The number of nitrogens with two attached hydrogens (primary N) is 1. The second kappa shape index (κ2) is 5.73. The standard InChI is InChI=1S/C9H11N3O6S/c10-6(8(13)14)7(9(15)16)12-19(17,18)5-2-1-3-11-4-5/h1-4,6-7,12H,10H2,(H,13,14)(H,15,16)/t6-,7?/m0/s1. The third kappa shape index (κ3) is 3.71. The molecule has 1 rings (SSSR count). The lowest BCUT2D eigenvalue weighted by Crippen LogP contribution is -2.55. The third-order valence-electron chi connectivity index (χ3n) is 2.14. The van der Waals surface area contributed by atoms with Gasteiger partial charge < -0.3 is 15.9 Å². The largest absolute Gasteiger partial charge is 0.480 e. The predicted molar refractivity (Wildman–Crippen MR) is 61.6 cm³/mol. The molecule has 104 valence electrons. The molecule has 1 aromatic rings. The number of rotatable bonds is 6. The highest BCUT2D eigenvalue weighted by atomic mass is 32.2. The summed E-state index contributed by atoms with van der Waals surface area (Å²) >= 11 is 0. The number of nitrogens with one attached hydrogen (secondary N) is 1. The van der Waals surface area contributed by atoms with Crippen molar-refractivity contribution in [2.45, 2.75) is 17.0 Å². The van der Waals surface area contributed by atoms with E-state index in [1.165, 1.54) is 18.3 Å². The summed E-state index contributed by atoms with van der Waals surface area (Å²) in [5.41, 5.74) is 5.12. The van der Waals surface area contributed by atoms with Crippen molar-refractivity contribution in [3.05, 3.63) is 24.5 Å². The fourth-order valence-electron chi connectivity index (χ4n) is 1.16. The number of carboxylic acid groups (broad SMARTS) is 2. The van der Waals surface area contributed by atoms with Gasteiger partial charge in [0.25, 0.3) is 0 Å². The van der Waals surface area contributed by atoms with Crippen molar-refractivity contribution in [2.75, 3.05) is 0 Å². The summed E-state index contributed by atoms with van der Waals surface area (Å²) in [6, 6.07) is -1.38. The van der Waals surface area contributed by atoms with Gasteiger partial charge in [0.15, 0.2) is 0 Å². The fourth-order valence-corrected chi connectivity index (χ4v) is 2.34. The first-order chi connectivity index (χ1) is 8.75. The van der Waals surface area contributed by atoms with Crippen LogP contribution in [0.4, 0.5) is 0 Å². The van der Waals surface area contributed by atoms with Crippen LogP contribution in [0.1, 0.15) is 0 Å². The topological polar surface area (TPSA) is 160 Å². The molecule has 1 heterocycles. The molecule has 0 aromatic carbocycles. The minimum absolute atomic E-state index is 0.293. The van der Waals surface area contributed by atoms with Crippen LogP contribution in [-0.2, 0) is 19.6 Å². The minimum atomic E-state index is -4.22. The zero-order valence-corrected chi connectivity index (χ0v) is 10.2. The van der Waals surface area contributed by atoms with Gasteiger partial charge in [-0.15, -0.1) is 0 Å². The zero-order valence-electron chi connectivity index (χ0n) is 9.42. The molecule has 1 aromatic heterocycles. The molecule has 0 saturated carbocycles. The van der Waals surface area contributed by atoms with Crippen molar-refractivity contribution in [1.29, 1.82) is 0 Å². The first-order valence-electron chi connectivity index (χ1n) is 4.89. The molecule has 10 heteroatoms. The summed E-state index contributed by atoms with van der Waals surface area (Å²) in [6.07, 6.45) is 2.32. The van der Waals surface area contributed by atoms with Gasteiger partial charge in [0.1, 0.15) is 17.0 Å². The van der Waals surface area contributed by atoms with Crippen LogP contribution in [0.15, 0.2) is 29.4 Å². The lowest BCUT2D eigenvalue weighted by atomic mass is 10.1. The predicted octanol–water partition coefficient (Wildman–Crippen LogP) is -1.77. The van der Waals surface area contributed by atoms with E-state index in [1.807, 2.05) is 0 Å². The number of aromatic nitrogens is 1. The van der Waals surface area contributed by atoms with E-state index in [4.69, 9.17) is 15.9 Å². The minimum Gasteiger partial charge on any atom is -0.480 e. The van der Waals surface area contributed by atoms with Gasteiger partial charge in [-0.3, -0.25) is 14.6 Å².